The van der Waals surface area contributed by atoms with Gasteiger partial charge in [0.05, 0.1) is 26.4 Å². The first-order valence-electron chi connectivity index (χ1n) is 11.2. The van der Waals surface area contributed by atoms with Gasteiger partial charge in [0.25, 0.3) is 11.8 Å². The summed E-state index contributed by atoms with van der Waals surface area (Å²) in [6, 6.07) is 6.09. The van der Waals surface area contributed by atoms with E-state index in [9.17, 15) is 28.3 Å². The van der Waals surface area contributed by atoms with Crippen LogP contribution in [0.1, 0.15) is 27.1 Å². The fourth-order valence-corrected chi connectivity index (χ4v) is 3.73. The van der Waals surface area contributed by atoms with Crippen LogP contribution in [0.5, 0.6) is 0 Å². The number of benzene rings is 2. The highest BCUT2D eigenvalue weighted by Gasteiger charge is 2.31. The second-order valence-electron chi connectivity index (χ2n) is 8.03. The fourth-order valence-electron chi connectivity index (χ4n) is 3.73. The van der Waals surface area contributed by atoms with Gasteiger partial charge in [0.2, 0.25) is 0 Å². The molecule has 10 nitrogen and oxygen atoms in total. The Morgan fingerprint density at radius 1 is 0.833 bits per heavy atom. The van der Waals surface area contributed by atoms with Crippen LogP contribution in [0.25, 0.3) is 0 Å². The highest BCUT2D eigenvalue weighted by Crippen LogP contribution is 2.09. The number of hydrogen-bond donors (Lipinski definition) is 3. The molecule has 2 fully saturated rings. The molecule has 1 atom stereocenters. The number of carbonyl (C=O) groups is 3. The van der Waals surface area contributed by atoms with Crippen molar-refractivity contribution < 1.29 is 46.9 Å². The number of carboxylic acid groups (broad SMARTS) is 1. The normalized spacial score (nSPS) is 16.2. The number of nitrogens with one attached hydrogen (secondary N) is 2. The van der Waals surface area contributed by atoms with E-state index in [-0.39, 0.29) is 35.0 Å². The molecule has 14 heteroatoms. The first-order valence-corrected chi connectivity index (χ1v) is 11.2. The van der Waals surface area contributed by atoms with Gasteiger partial charge in [-0.25, -0.2) is 13.6 Å². The SMILES string of the molecule is O=C(NCCC(NC(=O)c1ccc(B2OCCO2)c(F)c1)C(=O)O)c1ccc(B2OCCO2)c(F)c1. The lowest BCUT2D eigenvalue weighted by molar-refractivity contribution is -0.139. The summed E-state index contributed by atoms with van der Waals surface area (Å²) in [4.78, 5) is 36.5. The van der Waals surface area contributed by atoms with Gasteiger partial charge in [-0.3, -0.25) is 9.59 Å². The molecule has 0 spiro atoms. The first-order chi connectivity index (χ1) is 17.3. The topological polar surface area (TPSA) is 132 Å². The lowest BCUT2D eigenvalue weighted by Crippen LogP contribution is -2.43. The summed E-state index contributed by atoms with van der Waals surface area (Å²) in [5.41, 5.74) is 0.242. The van der Waals surface area contributed by atoms with Crippen molar-refractivity contribution >= 4 is 42.9 Å². The van der Waals surface area contributed by atoms with Gasteiger partial charge in [-0.15, -0.1) is 0 Å². The van der Waals surface area contributed by atoms with E-state index in [1.165, 1.54) is 24.3 Å². The van der Waals surface area contributed by atoms with E-state index in [0.717, 1.165) is 12.1 Å². The molecule has 0 aliphatic carbocycles. The Morgan fingerprint density at radius 2 is 1.31 bits per heavy atom. The Kier molecular flexibility index (Phi) is 8.31. The Balaban J connectivity index is 1.31. The number of amides is 2. The number of carboxylic acids is 1. The lowest BCUT2D eigenvalue weighted by Gasteiger charge is -2.16. The molecule has 4 rings (SSSR count). The van der Waals surface area contributed by atoms with Crippen molar-refractivity contribution in [2.75, 3.05) is 33.0 Å². The van der Waals surface area contributed by atoms with Gasteiger partial charge in [0.15, 0.2) is 0 Å². The van der Waals surface area contributed by atoms with Crippen molar-refractivity contribution in [1.29, 1.82) is 0 Å². The molecule has 0 saturated carbocycles. The molecule has 2 aliphatic rings. The minimum Gasteiger partial charge on any atom is -0.480 e. The third-order valence-electron chi connectivity index (χ3n) is 5.60. The molecule has 1 unspecified atom stereocenters. The van der Waals surface area contributed by atoms with E-state index in [2.05, 4.69) is 10.6 Å². The summed E-state index contributed by atoms with van der Waals surface area (Å²) < 4.78 is 49.7. The predicted octanol–water partition coefficient (Wildman–Crippen LogP) is -0.548. The van der Waals surface area contributed by atoms with Crippen LogP contribution in [0, 0.1) is 11.6 Å². The van der Waals surface area contributed by atoms with Crippen LogP contribution in [-0.2, 0) is 23.4 Å². The van der Waals surface area contributed by atoms with Gasteiger partial charge in [-0.05, 0) is 30.7 Å². The van der Waals surface area contributed by atoms with Crippen molar-refractivity contribution in [1.82, 2.24) is 10.6 Å². The van der Waals surface area contributed by atoms with Gasteiger partial charge < -0.3 is 34.4 Å². The minimum absolute atomic E-state index is 0.0240. The summed E-state index contributed by atoms with van der Waals surface area (Å²) in [5, 5.41) is 14.3. The van der Waals surface area contributed by atoms with Crippen LogP contribution in [0.15, 0.2) is 36.4 Å². The van der Waals surface area contributed by atoms with Crippen LogP contribution >= 0.6 is 0 Å². The highest BCUT2D eigenvalue weighted by molar-refractivity contribution is 6.62. The summed E-state index contributed by atoms with van der Waals surface area (Å²) in [7, 11) is -1.68. The maximum Gasteiger partial charge on any atom is 0.497 e. The molecule has 2 aliphatic heterocycles. The zero-order valence-electron chi connectivity index (χ0n) is 19.0. The molecule has 2 amide bonds. The van der Waals surface area contributed by atoms with Gasteiger partial charge in [0, 0.05) is 28.6 Å². The first kappa shape index (κ1) is 25.8. The maximum absolute atomic E-state index is 14.4. The smallest absolute Gasteiger partial charge is 0.480 e. The van der Waals surface area contributed by atoms with E-state index in [0.29, 0.717) is 26.4 Å². The molecule has 2 saturated heterocycles. The summed E-state index contributed by atoms with van der Waals surface area (Å²) in [5.74, 6) is -4.17. The standard InChI is InChI=1S/C22H22B2F2N2O8/c25-17-11-13(1-3-15(17)23-33-7-8-34-23)20(29)27-6-5-19(22(31)32)28-21(30)14-2-4-16(18(26)12-14)24-35-9-10-36-24/h1-4,11-12,19H,5-10H2,(H,27,29)(H,28,30)(H,31,32). The van der Waals surface area contributed by atoms with Crippen LogP contribution < -0.4 is 21.6 Å². The average molecular weight is 502 g/mol. The number of hydrogen-bond acceptors (Lipinski definition) is 7. The molecule has 188 valence electrons. The predicted molar refractivity (Wildman–Crippen MR) is 123 cm³/mol. The van der Waals surface area contributed by atoms with E-state index < -0.39 is 49.7 Å². The lowest BCUT2D eigenvalue weighted by atomic mass is 9.78. The van der Waals surface area contributed by atoms with E-state index in [4.69, 9.17) is 18.6 Å². The average Bonchev–Trinajstić information content (AvgIpc) is 3.58. The Labute approximate surface area is 205 Å². The number of halogens is 2. The Hall–Kier alpha value is -3.32. The Morgan fingerprint density at radius 3 is 1.75 bits per heavy atom. The molecule has 0 radical (unpaired) electrons. The molecule has 3 N–H and O–H groups in total. The van der Waals surface area contributed by atoms with Crippen molar-refractivity contribution in [3.63, 3.8) is 0 Å². The van der Waals surface area contributed by atoms with Crippen molar-refractivity contribution in [3.8, 4) is 0 Å². The van der Waals surface area contributed by atoms with E-state index in [1.54, 1.807) is 0 Å². The molecule has 0 bridgehead atoms. The zero-order chi connectivity index (χ0) is 25.7. The van der Waals surface area contributed by atoms with Crippen molar-refractivity contribution in [2.24, 2.45) is 0 Å². The van der Waals surface area contributed by atoms with E-state index >= 15 is 0 Å². The third kappa shape index (κ3) is 6.08. The monoisotopic (exact) mass is 502 g/mol. The molecule has 2 heterocycles. The van der Waals surface area contributed by atoms with E-state index in [1.807, 2.05) is 0 Å². The Bertz CT molecular complexity index is 1140. The fraction of sp³-hybridized carbons (Fsp3) is 0.318. The van der Waals surface area contributed by atoms with Crippen molar-refractivity contribution in [2.45, 2.75) is 12.5 Å². The largest absolute Gasteiger partial charge is 0.497 e. The van der Waals surface area contributed by atoms with Crippen LogP contribution in [0.3, 0.4) is 0 Å². The maximum atomic E-state index is 14.4. The van der Waals surface area contributed by atoms with Crippen LogP contribution in [-0.4, -0.2) is 76.1 Å². The second-order valence-corrected chi connectivity index (χ2v) is 8.03. The van der Waals surface area contributed by atoms with Gasteiger partial charge in [-0.1, -0.05) is 12.1 Å². The highest BCUT2D eigenvalue weighted by atomic mass is 19.1. The van der Waals surface area contributed by atoms with Gasteiger partial charge in [0.1, 0.15) is 17.7 Å². The summed E-state index contributed by atoms with van der Waals surface area (Å²) >= 11 is 0. The molecule has 0 aromatic heterocycles. The van der Waals surface area contributed by atoms with Crippen molar-refractivity contribution in [3.05, 3.63) is 59.2 Å². The summed E-state index contributed by atoms with van der Waals surface area (Å²) in [6.45, 7) is 1.22. The molecular formula is C22H22B2F2N2O8. The number of aliphatic carboxylic acids is 1. The second kappa shape index (κ2) is 11.6. The third-order valence-corrected chi connectivity index (χ3v) is 5.60. The molecule has 2 aromatic rings. The molecule has 2 aromatic carbocycles. The minimum atomic E-state index is -1.36. The van der Waals surface area contributed by atoms with Gasteiger partial charge in [-0.2, -0.15) is 0 Å². The van der Waals surface area contributed by atoms with Crippen LogP contribution in [0.4, 0.5) is 8.78 Å². The number of rotatable bonds is 9. The zero-order valence-corrected chi connectivity index (χ0v) is 19.0. The molecule has 36 heavy (non-hydrogen) atoms. The quantitative estimate of drug-likeness (QED) is 0.390. The molecular weight excluding hydrogens is 480 g/mol. The van der Waals surface area contributed by atoms with Gasteiger partial charge >= 0.3 is 20.2 Å². The number of carbonyl (C=O) groups excluding carboxylic acids is 2. The summed E-state index contributed by atoms with van der Waals surface area (Å²) in [6.07, 6.45) is -0.165. The van der Waals surface area contributed by atoms with Crippen LogP contribution in [0.2, 0.25) is 0 Å².